The summed E-state index contributed by atoms with van der Waals surface area (Å²) in [6, 6.07) is 12.8. The van der Waals surface area contributed by atoms with Crippen molar-refractivity contribution < 1.29 is 23.9 Å². The first-order chi connectivity index (χ1) is 16.9. The predicted molar refractivity (Wildman–Crippen MR) is 130 cm³/mol. The molecule has 4 rings (SSSR count). The number of carbonyl (C=O) groups excluding carboxylic acids is 3. The zero-order chi connectivity index (χ0) is 25.0. The van der Waals surface area contributed by atoms with Crippen LogP contribution in [0.4, 0.5) is 0 Å². The molecule has 3 heterocycles. The summed E-state index contributed by atoms with van der Waals surface area (Å²) >= 11 is 1.60. The minimum Gasteiger partial charge on any atom is -0.496 e. The number of aromatic nitrogens is 2. The summed E-state index contributed by atoms with van der Waals surface area (Å²) in [6.45, 7) is 4.32. The smallest absolute Gasteiger partial charge is 0.358 e. The topological polar surface area (TPSA) is 103 Å². The highest BCUT2D eigenvalue weighted by atomic mass is 32.1. The number of thiophene rings is 1. The van der Waals surface area contributed by atoms with Crippen molar-refractivity contribution in [2.24, 2.45) is 0 Å². The second-order valence-corrected chi connectivity index (χ2v) is 9.38. The molecule has 9 nitrogen and oxygen atoms in total. The van der Waals surface area contributed by atoms with Crippen LogP contribution in [-0.2, 0) is 29.0 Å². The number of carbonyl (C=O) groups is 3. The number of hydrogen-bond donors (Lipinski definition) is 1. The molecule has 0 spiro atoms. The molecule has 0 saturated heterocycles. The van der Waals surface area contributed by atoms with Gasteiger partial charge in [0.25, 0.3) is 5.91 Å². The Morgan fingerprint density at radius 1 is 1.23 bits per heavy atom. The van der Waals surface area contributed by atoms with E-state index in [2.05, 4.69) is 10.4 Å². The highest BCUT2D eigenvalue weighted by Crippen LogP contribution is 2.29. The summed E-state index contributed by atoms with van der Waals surface area (Å²) in [7, 11) is 1.58. The van der Waals surface area contributed by atoms with Crippen molar-refractivity contribution in [3.05, 3.63) is 69.7 Å². The second-order valence-electron chi connectivity index (χ2n) is 8.35. The van der Waals surface area contributed by atoms with Crippen LogP contribution in [0.2, 0.25) is 0 Å². The number of rotatable bonds is 9. The highest BCUT2D eigenvalue weighted by molar-refractivity contribution is 7.09. The molecule has 1 N–H and O–H groups in total. The fourth-order valence-corrected chi connectivity index (χ4v) is 4.89. The monoisotopic (exact) mass is 496 g/mol. The Morgan fingerprint density at radius 2 is 2.03 bits per heavy atom. The van der Waals surface area contributed by atoms with Crippen LogP contribution in [0.1, 0.15) is 45.3 Å². The van der Waals surface area contributed by atoms with E-state index in [0.29, 0.717) is 18.7 Å². The summed E-state index contributed by atoms with van der Waals surface area (Å²) in [5.41, 5.74) is -0.0914. The van der Waals surface area contributed by atoms with E-state index in [4.69, 9.17) is 9.47 Å². The molecule has 2 amide bonds. The van der Waals surface area contributed by atoms with E-state index in [0.717, 1.165) is 10.4 Å². The van der Waals surface area contributed by atoms with Crippen molar-refractivity contribution >= 4 is 29.1 Å². The van der Waals surface area contributed by atoms with Gasteiger partial charge in [-0.05, 0) is 37.8 Å². The Bertz CT molecular complexity index is 1220. The molecule has 1 atom stereocenters. The van der Waals surface area contributed by atoms with E-state index in [1.807, 2.05) is 41.8 Å². The van der Waals surface area contributed by atoms with Crippen molar-refractivity contribution in [3.8, 4) is 5.75 Å². The Labute approximate surface area is 207 Å². The average molecular weight is 497 g/mol. The maximum Gasteiger partial charge on any atom is 0.358 e. The molecular weight excluding hydrogens is 468 g/mol. The number of nitrogens with zero attached hydrogens (tertiary/aromatic N) is 3. The summed E-state index contributed by atoms with van der Waals surface area (Å²) in [4.78, 5) is 42.1. The van der Waals surface area contributed by atoms with Crippen LogP contribution in [0, 0.1) is 0 Å². The first kappa shape index (κ1) is 24.5. The number of hydrogen-bond acceptors (Lipinski definition) is 7. The van der Waals surface area contributed by atoms with Gasteiger partial charge in [-0.1, -0.05) is 24.3 Å². The lowest BCUT2D eigenvalue weighted by atomic mass is 9.94. The van der Waals surface area contributed by atoms with Crippen molar-refractivity contribution in [1.82, 2.24) is 20.0 Å². The third-order valence-corrected chi connectivity index (χ3v) is 7.00. The Kier molecular flexibility index (Phi) is 7.20. The van der Waals surface area contributed by atoms with E-state index in [-0.39, 0.29) is 42.9 Å². The van der Waals surface area contributed by atoms with Crippen LogP contribution in [0.25, 0.3) is 0 Å². The number of para-hydroxylation sites is 1. The lowest BCUT2D eigenvalue weighted by Crippen LogP contribution is -2.64. The lowest BCUT2D eigenvalue weighted by Gasteiger charge is -2.43. The van der Waals surface area contributed by atoms with Gasteiger partial charge in [0.1, 0.15) is 17.0 Å². The lowest BCUT2D eigenvalue weighted by molar-refractivity contribution is -0.133. The van der Waals surface area contributed by atoms with Gasteiger partial charge in [0.05, 0.1) is 20.3 Å². The number of esters is 1. The summed E-state index contributed by atoms with van der Waals surface area (Å²) in [6.07, 6.45) is 0.609. The quantitative estimate of drug-likeness (QED) is 0.457. The average Bonchev–Trinajstić information content (AvgIpc) is 3.53. The van der Waals surface area contributed by atoms with Gasteiger partial charge >= 0.3 is 5.97 Å². The first-order valence-electron chi connectivity index (χ1n) is 11.4. The summed E-state index contributed by atoms with van der Waals surface area (Å²) < 4.78 is 11.9. The van der Waals surface area contributed by atoms with Crippen LogP contribution >= 0.6 is 11.3 Å². The van der Waals surface area contributed by atoms with Crippen LogP contribution in [0.5, 0.6) is 5.75 Å². The Morgan fingerprint density at radius 3 is 2.74 bits per heavy atom. The molecule has 3 aromatic rings. The third-order valence-electron chi connectivity index (χ3n) is 6.07. The fraction of sp³-hybridized carbons (Fsp3) is 0.360. The minimum absolute atomic E-state index is 0.0482. The first-order valence-corrected chi connectivity index (χ1v) is 12.2. The highest BCUT2D eigenvalue weighted by Gasteiger charge is 2.48. The normalized spacial score (nSPS) is 17.1. The Hall–Kier alpha value is -3.66. The molecule has 1 aliphatic rings. The van der Waals surface area contributed by atoms with Crippen molar-refractivity contribution in [2.75, 3.05) is 20.3 Å². The number of nitrogens with one attached hydrogen (secondary N) is 1. The fourth-order valence-electron chi connectivity index (χ4n) is 4.19. The van der Waals surface area contributed by atoms with Gasteiger partial charge in [-0.15, -0.1) is 11.3 Å². The SMILES string of the molecule is CCOC(=O)c1cc2n(n1)C[C@@](C)(C(=O)NCc1ccccc1OC)N(CCc1cccs1)C2=O. The number of ether oxygens (including phenoxy) is 2. The van der Waals surface area contributed by atoms with E-state index in [1.165, 1.54) is 10.7 Å². The van der Waals surface area contributed by atoms with Gasteiger partial charge in [0, 0.05) is 29.6 Å². The molecule has 0 bridgehead atoms. The van der Waals surface area contributed by atoms with E-state index in [9.17, 15) is 14.4 Å². The number of methoxy groups -OCH3 is 1. The van der Waals surface area contributed by atoms with E-state index < -0.39 is 11.5 Å². The molecule has 1 aliphatic heterocycles. The van der Waals surface area contributed by atoms with E-state index in [1.54, 1.807) is 37.2 Å². The van der Waals surface area contributed by atoms with Gasteiger partial charge in [0.15, 0.2) is 5.69 Å². The molecule has 0 fully saturated rings. The van der Waals surface area contributed by atoms with Crippen molar-refractivity contribution in [3.63, 3.8) is 0 Å². The molecule has 0 radical (unpaired) electrons. The van der Waals surface area contributed by atoms with Gasteiger partial charge in [0.2, 0.25) is 5.91 Å². The molecule has 1 aromatic carbocycles. The zero-order valence-corrected chi connectivity index (χ0v) is 20.8. The van der Waals surface area contributed by atoms with Crippen LogP contribution in [0.3, 0.4) is 0 Å². The maximum absolute atomic E-state index is 13.6. The minimum atomic E-state index is -1.22. The molecule has 0 saturated carbocycles. The molecule has 2 aromatic heterocycles. The number of amides is 2. The maximum atomic E-state index is 13.6. The number of benzene rings is 1. The standard InChI is InChI=1S/C25H28N4O5S/c1-4-34-23(31)19-14-20-22(30)28(12-11-18-9-7-13-35-18)25(2,16-29(20)27-19)24(32)26-15-17-8-5-6-10-21(17)33-3/h5-10,13-14H,4,11-12,15-16H2,1-3H3,(H,26,32)/t25-/m0/s1. The van der Waals surface area contributed by atoms with E-state index >= 15 is 0 Å². The molecule has 35 heavy (non-hydrogen) atoms. The van der Waals surface area contributed by atoms with Gasteiger partial charge in [-0.3, -0.25) is 14.3 Å². The van der Waals surface area contributed by atoms with Crippen LogP contribution < -0.4 is 10.1 Å². The number of fused-ring (bicyclic) bond motifs is 1. The van der Waals surface area contributed by atoms with Gasteiger partial charge < -0.3 is 19.7 Å². The third kappa shape index (κ3) is 4.93. The second kappa shape index (κ2) is 10.3. The van der Waals surface area contributed by atoms with Crippen LogP contribution in [0.15, 0.2) is 47.8 Å². The molecule has 10 heteroatoms. The zero-order valence-electron chi connectivity index (χ0n) is 19.9. The van der Waals surface area contributed by atoms with Crippen molar-refractivity contribution in [2.45, 2.75) is 38.9 Å². The summed E-state index contributed by atoms with van der Waals surface area (Å²) in [5, 5.41) is 9.23. The molecule has 0 unspecified atom stereocenters. The van der Waals surface area contributed by atoms with Crippen molar-refractivity contribution in [1.29, 1.82) is 0 Å². The summed E-state index contributed by atoms with van der Waals surface area (Å²) in [5.74, 6) is -0.608. The largest absolute Gasteiger partial charge is 0.496 e. The predicted octanol–water partition coefficient (Wildman–Crippen LogP) is 2.90. The van der Waals surface area contributed by atoms with Gasteiger partial charge in [-0.2, -0.15) is 5.10 Å². The molecule has 0 aliphatic carbocycles. The van der Waals surface area contributed by atoms with Crippen LogP contribution in [-0.4, -0.2) is 58.3 Å². The van der Waals surface area contributed by atoms with Gasteiger partial charge in [-0.25, -0.2) is 4.79 Å². The Balaban J connectivity index is 1.62. The molecular formula is C25H28N4O5S. The molecule has 184 valence electrons.